The number of para-hydroxylation sites is 1. The highest BCUT2D eigenvalue weighted by Gasteiger charge is 2.50. The summed E-state index contributed by atoms with van der Waals surface area (Å²) in [6, 6.07) is 11.0. The maximum atomic E-state index is 13.4. The summed E-state index contributed by atoms with van der Waals surface area (Å²) in [4.78, 5) is 15.9. The molecule has 0 amide bonds. The summed E-state index contributed by atoms with van der Waals surface area (Å²) in [7, 11) is 0. The summed E-state index contributed by atoms with van der Waals surface area (Å²) in [5.41, 5.74) is 4.24. The second-order valence-corrected chi connectivity index (χ2v) is 9.43. The van der Waals surface area contributed by atoms with Crippen molar-refractivity contribution in [3.8, 4) is 11.4 Å². The normalized spacial score (nSPS) is 19.2. The van der Waals surface area contributed by atoms with Crippen LogP contribution in [0.4, 0.5) is 4.39 Å². The lowest BCUT2D eigenvalue weighted by Gasteiger charge is -2.38. The van der Waals surface area contributed by atoms with E-state index in [4.69, 9.17) is 9.40 Å². The van der Waals surface area contributed by atoms with Crippen LogP contribution in [0.1, 0.15) is 47.4 Å². The second-order valence-electron chi connectivity index (χ2n) is 9.43. The number of halogens is 1. The molecular weight excluding hydrogens is 485 g/mol. The van der Waals surface area contributed by atoms with Crippen LogP contribution in [0.3, 0.4) is 0 Å². The number of nitrogens with one attached hydrogen (secondary N) is 3. The number of hydrogen-bond donors (Lipinski definition) is 3. The Morgan fingerprint density at radius 2 is 1.97 bits per heavy atom. The molecule has 11 heteroatoms. The minimum absolute atomic E-state index is 0.256. The van der Waals surface area contributed by atoms with Gasteiger partial charge in [0.15, 0.2) is 5.54 Å². The van der Waals surface area contributed by atoms with Crippen LogP contribution < -0.4 is 5.32 Å². The van der Waals surface area contributed by atoms with Crippen LogP contribution in [-0.4, -0.2) is 39.9 Å². The number of H-pyrrole nitrogens is 2. The molecule has 0 fully saturated rings. The van der Waals surface area contributed by atoms with Crippen LogP contribution in [0.5, 0.6) is 0 Å². The number of rotatable bonds is 5. The topological polar surface area (TPSA) is 126 Å². The van der Waals surface area contributed by atoms with Crippen LogP contribution in [0.2, 0.25) is 0 Å². The zero-order chi connectivity index (χ0) is 25.9. The van der Waals surface area contributed by atoms with Crippen molar-refractivity contribution in [2.75, 3.05) is 0 Å². The van der Waals surface area contributed by atoms with Crippen molar-refractivity contribution >= 4 is 10.9 Å². The summed E-state index contributed by atoms with van der Waals surface area (Å²) < 4.78 is 21.4. The Balaban J connectivity index is 1.44. The van der Waals surface area contributed by atoms with Crippen molar-refractivity contribution in [2.45, 2.75) is 38.4 Å². The van der Waals surface area contributed by atoms with Gasteiger partial charge in [-0.2, -0.15) is 5.10 Å². The standard InChI is InChI=1S/C27H24FN9O/c1-3-37-14-16(11-31-37)27(26-36-35-15(2)38-26)24-19(18-6-4-5-7-20(18)32-24)10-22(34-27)25-30-13-23(33-25)21-9-8-17(28)12-29-21/h4-9,11-14,22,32,34H,3,10H2,1-2H3,(H,30,33)/t22-,27?/m1/s1. The predicted molar refractivity (Wildman–Crippen MR) is 136 cm³/mol. The summed E-state index contributed by atoms with van der Waals surface area (Å²) in [5, 5.41) is 18.2. The zero-order valence-corrected chi connectivity index (χ0v) is 20.7. The van der Waals surface area contributed by atoms with E-state index in [2.05, 4.69) is 47.7 Å². The minimum Gasteiger partial charge on any atom is -0.423 e. The first-order valence-electron chi connectivity index (χ1n) is 12.4. The van der Waals surface area contributed by atoms with Gasteiger partial charge in [0.2, 0.25) is 11.8 Å². The number of pyridine rings is 1. The van der Waals surface area contributed by atoms with Crippen LogP contribution in [-0.2, 0) is 18.5 Å². The third-order valence-electron chi connectivity index (χ3n) is 7.15. The Hall–Kier alpha value is -4.64. The van der Waals surface area contributed by atoms with Crippen LogP contribution in [0, 0.1) is 12.7 Å². The summed E-state index contributed by atoms with van der Waals surface area (Å²) in [5.74, 6) is 1.20. The van der Waals surface area contributed by atoms with Gasteiger partial charge in [-0.25, -0.2) is 9.37 Å². The van der Waals surface area contributed by atoms with Crippen molar-refractivity contribution < 1.29 is 8.81 Å². The number of aromatic nitrogens is 8. The first-order valence-corrected chi connectivity index (χ1v) is 12.4. The molecule has 0 radical (unpaired) electrons. The highest BCUT2D eigenvalue weighted by Crippen LogP contribution is 2.46. The third-order valence-corrected chi connectivity index (χ3v) is 7.15. The quantitative estimate of drug-likeness (QED) is 0.318. The molecule has 1 aromatic carbocycles. The van der Waals surface area contributed by atoms with Gasteiger partial charge in [0.05, 0.1) is 41.7 Å². The molecule has 1 unspecified atom stereocenters. The van der Waals surface area contributed by atoms with Gasteiger partial charge in [0.25, 0.3) is 0 Å². The molecule has 0 bridgehead atoms. The lowest BCUT2D eigenvalue weighted by molar-refractivity contribution is 0.286. The maximum Gasteiger partial charge on any atom is 0.247 e. The SMILES string of the molecule is CCn1cc(C2(c3nnc(C)o3)N[C@@H](c3ncc(-c4ccc(F)cn4)[nH]3)Cc3c2[nH]c2ccccc32)cn1. The summed E-state index contributed by atoms with van der Waals surface area (Å²) in [6.07, 6.45) is 7.40. The van der Waals surface area contributed by atoms with Gasteiger partial charge in [0, 0.05) is 36.1 Å². The van der Waals surface area contributed by atoms with E-state index in [9.17, 15) is 4.39 Å². The molecule has 6 heterocycles. The van der Waals surface area contributed by atoms with E-state index in [1.807, 2.05) is 36.1 Å². The Kier molecular flexibility index (Phi) is 5.02. The molecule has 3 N–H and O–H groups in total. The first-order chi connectivity index (χ1) is 18.5. The fourth-order valence-corrected chi connectivity index (χ4v) is 5.36. The van der Waals surface area contributed by atoms with E-state index >= 15 is 0 Å². The Morgan fingerprint density at radius 3 is 2.74 bits per heavy atom. The second kappa shape index (κ2) is 8.45. The van der Waals surface area contributed by atoms with Crippen molar-refractivity contribution in [1.29, 1.82) is 0 Å². The van der Waals surface area contributed by atoms with Gasteiger partial charge in [0.1, 0.15) is 11.6 Å². The molecule has 0 saturated carbocycles. The van der Waals surface area contributed by atoms with Gasteiger partial charge in [-0.1, -0.05) is 18.2 Å². The molecule has 190 valence electrons. The van der Waals surface area contributed by atoms with Gasteiger partial charge in [-0.05, 0) is 37.1 Å². The Labute approximate surface area is 216 Å². The van der Waals surface area contributed by atoms with Crippen molar-refractivity contribution in [1.82, 2.24) is 45.2 Å². The molecule has 7 rings (SSSR count). The number of nitrogens with zero attached hydrogens (tertiary/aromatic N) is 6. The maximum absolute atomic E-state index is 13.4. The molecule has 1 aliphatic rings. The summed E-state index contributed by atoms with van der Waals surface area (Å²) >= 11 is 0. The number of imidazole rings is 1. The van der Waals surface area contributed by atoms with Gasteiger partial charge in [-0.3, -0.25) is 15.0 Å². The highest BCUT2D eigenvalue weighted by molar-refractivity contribution is 5.86. The average Bonchev–Trinajstić information content (AvgIpc) is 3.74. The number of hydrogen-bond acceptors (Lipinski definition) is 7. The summed E-state index contributed by atoms with van der Waals surface area (Å²) in [6.45, 7) is 4.54. The van der Waals surface area contributed by atoms with E-state index in [1.165, 1.54) is 12.3 Å². The molecule has 0 saturated heterocycles. The molecule has 2 atom stereocenters. The lowest BCUT2D eigenvalue weighted by Crippen LogP contribution is -2.51. The predicted octanol–water partition coefficient (Wildman–Crippen LogP) is 4.18. The van der Waals surface area contributed by atoms with Gasteiger partial charge < -0.3 is 14.4 Å². The number of aryl methyl sites for hydroxylation is 2. The average molecular weight is 510 g/mol. The minimum atomic E-state index is -1.01. The van der Waals surface area contributed by atoms with Crippen LogP contribution in [0.15, 0.2) is 65.6 Å². The Morgan fingerprint density at radius 1 is 1.08 bits per heavy atom. The number of fused-ring (bicyclic) bond motifs is 3. The number of aromatic amines is 2. The van der Waals surface area contributed by atoms with E-state index in [0.29, 0.717) is 42.0 Å². The van der Waals surface area contributed by atoms with E-state index in [0.717, 1.165) is 27.7 Å². The highest BCUT2D eigenvalue weighted by atomic mass is 19.1. The molecular formula is C27H24FN9O. The van der Waals surface area contributed by atoms with E-state index in [1.54, 1.807) is 19.2 Å². The zero-order valence-electron chi connectivity index (χ0n) is 20.7. The molecule has 0 aliphatic carbocycles. The van der Waals surface area contributed by atoms with E-state index < -0.39 is 5.54 Å². The van der Waals surface area contributed by atoms with E-state index in [-0.39, 0.29) is 11.9 Å². The van der Waals surface area contributed by atoms with Crippen molar-refractivity contribution in [3.63, 3.8) is 0 Å². The van der Waals surface area contributed by atoms with Crippen molar-refractivity contribution in [3.05, 3.63) is 101 Å². The Bertz CT molecular complexity index is 1760. The van der Waals surface area contributed by atoms with Gasteiger partial charge in [-0.15, -0.1) is 10.2 Å². The number of benzene rings is 1. The molecule has 5 aromatic heterocycles. The fourth-order valence-electron chi connectivity index (χ4n) is 5.36. The largest absolute Gasteiger partial charge is 0.423 e. The third kappa shape index (κ3) is 3.39. The fraction of sp³-hybridized carbons (Fsp3) is 0.222. The van der Waals surface area contributed by atoms with Crippen molar-refractivity contribution in [2.24, 2.45) is 0 Å². The lowest BCUT2D eigenvalue weighted by atomic mass is 9.79. The first kappa shape index (κ1) is 22.5. The van der Waals surface area contributed by atoms with Crippen LogP contribution >= 0.6 is 0 Å². The van der Waals surface area contributed by atoms with Gasteiger partial charge >= 0.3 is 0 Å². The molecule has 6 aromatic rings. The van der Waals surface area contributed by atoms with Crippen LogP contribution in [0.25, 0.3) is 22.3 Å². The molecule has 0 spiro atoms. The molecule has 10 nitrogen and oxygen atoms in total. The smallest absolute Gasteiger partial charge is 0.247 e. The monoisotopic (exact) mass is 509 g/mol. The molecule has 38 heavy (non-hydrogen) atoms. The molecule has 1 aliphatic heterocycles.